The topological polar surface area (TPSA) is 109 Å². The second-order valence-electron chi connectivity index (χ2n) is 5.08. The van der Waals surface area contributed by atoms with Crippen LogP contribution >= 0.6 is 11.8 Å². The molecular formula is C10H16F6O6S3. The van der Waals surface area contributed by atoms with E-state index >= 15 is 0 Å². The van der Waals surface area contributed by atoms with Gasteiger partial charge in [-0.1, -0.05) is 12.8 Å². The van der Waals surface area contributed by atoms with E-state index in [4.69, 9.17) is 25.9 Å². The number of thioether (sulfide) groups is 1. The third-order valence-electron chi connectivity index (χ3n) is 3.07. The van der Waals surface area contributed by atoms with Crippen LogP contribution in [-0.4, -0.2) is 47.5 Å². The van der Waals surface area contributed by atoms with Gasteiger partial charge in [0.25, 0.3) is 0 Å². The lowest BCUT2D eigenvalue weighted by molar-refractivity contribution is -0.0514. The second-order valence-corrected chi connectivity index (χ2v) is 9.52. The Balaban J connectivity index is 0.000000348. The van der Waals surface area contributed by atoms with Crippen LogP contribution in [-0.2, 0) is 20.2 Å². The van der Waals surface area contributed by atoms with E-state index in [1.807, 2.05) is 0 Å². The van der Waals surface area contributed by atoms with Crippen molar-refractivity contribution in [3.05, 3.63) is 0 Å². The Labute approximate surface area is 144 Å². The Hall–Kier alpha value is -0.250. The van der Waals surface area contributed by atoms with E-state index in [-0.39, 0.29) is 0 Å². The van der Waals surface area contributed by atoms with Crippen molar-refractivity contribution in [3.8, 4) is 0 Å². The van der Waals surface area contributed by atoms with Crippen LogP contribution in [0.4, 0.5) is 26.3 Å². The summed E-state index contributed by atoms with van der Waals surface area (Å²) in [4.78, 5) is 0. The number of alkyl halides is 6. The van der Waals surface area contributed by atoms with Crippen LogP contribution in [0.3, 0.4) is 0 Å². The van der Waals surface area contributed by atoms with Crippen molar-refractivity contribution in [1.29, 1.82) is 0 Å². The van der Waals surface area contributed by atoms with Crippen LogP contribution in [0.2, 0.25) is 0 Å². The van der Waals surface area contributed by atoms with Crippen molar-refractivity contribution in [2.75, 3.05) is 0 Å². The molecule has 2 heterocycles. The van der Waals surface area contributed by atoms with Crippen LogP contribution < -0.4 is 0 Å². The maximum Gasteiger partial charge on any atom is 0.522 e. The second kappa shape index (κ2) is 9.10. The van der Waals surface area contributed by atoms with Crippen LogP contribution in [0, 0.1) is 0 Å². The molecule has 15 heteroatoms. The molecule has 2 aliphatic heterocycles. The number of hydrogen-bond acceptors (Lipinski definition) is 5. The minimum atomic E-state index is -5.84. The molecule has 0 unspecified atom stereocenters. The third kappa shape index (κ3) is 9.86. The zero-order valence-electron chi connectivity index (χ0n) is 12.4. The number of halogens is 6. The number of fused-ring (bicyclic) bond motifs is 2. The van der Waals surface area contributed by atoms with Crippen molar-refractivity contribution >= 4 is 32.0 Å². The molecule has 2 N–H and O–H groups in total. The van der Waals surface area contributed by atoms with E-state index in [1.54, 1.807) is 0 Å². The predicted octanol–water partition coefficient (Wildman–Crippen LogP) is 3.61. The van der Waals surface area contributed by atoms with Gasteiger partial charge in [-0.15, -0.1) is 0 Å². The highest BCUT2D eigenvalue weighted by Gasteiger charge is 2.45. The van der Waals surface area contributed by atoms with Crippen molar-refractivity contribution in [3.63, 3.8) is 0 Å². The van der Waals surface area contributed by atoms with Crippen LogP contribution in [0.15, 0.2) is 0 Å². The summed E-state index contributed by atoms with van der Waals surface area (Å²) in [7, 11) is -11.7. The fraction of sp³-hybridized carbons (Fsp3) is 1.00. The number of rotatable bonds is 0. The largest absolute Gasteiger partial charge is 0.522 e. The molecule has 2 aliphatic rings. The predicted molar refractivity (Wildman–Crippen MR) is 78.1 cm³/mol. The first-order valence-electron chi connectivity index (χ1n) is 6.68. The SMILES string of the molecule is C1CC2CCCC(C1)S2.O=S(=O)(O)C(F)(F)F.O=S(=O)(O)C(F)(F)F. The van der Waals surface area contributed by atoms with E-state index < -0.39 is 31.3 Å². The highest BCUT2D eigenvalue weighted by Crippen LogP contribution is 2.41. The van der Waals surface area contributed by atoms with Gasteiger partial charge in [-0.3, -0.25) is 9.11 Å². The molecule has 0 atom stereocenters. The summed E-state index contributed by atoms with van der Waals surface area (Å²) in [5.74, 6) is 0. The zero-order valence-corrected chi connectivity index (χ0v) is 14.9. The Morgan fingerprint density at radius 3 is 1.00 bits per heavy atom. The average molecular weight is 442 g/mol. The lowest BCUT2D eigenvalue weighted by atomic mass is 9.99. The monoisotopic (exact) mass is 442 g/mol. The van der Waals surface area contributed by atoms with Gasteiger partial charge in [-0.2, -0.15) is 54.9 Å². The van der Waals surface area contributed by atoms with Gasteiger partial charge in [0.2, 0.25) is 0 Å². The lowest BCUT2D eigenvalue weighted by Crippen LogP contribution is -2.22. The van der Waals surface area contributed by atoms with Gasteiger partial charge in [-0.25, -0.2) is 0 Å². The van der Waals surface area contributed by atoms with Crippen molar-refractivity contribution in [2.45, 2.75) is 60.0 Å². The van der Waals surface area contributed by atoms with Gasteiger partial charge in [-0.05, 0) is 25.7 Å². The molecule has 0 aromatic rings. The van der Waals surface area contributed by atoms with Gasteiger partial charge in [0.1, 0.15) is 0 Å². The molecular weight excluding hydrogens is 426 g/mol. The van der Waals surface area contributed by atoms with Crippen LogP contribution in [0.5, 0.6) is 0 Å². The molecule has 0 spiro atoms. The molecule has 2 saturated heterocycles. The zero-order chi connectivity index (χ0) is 20.1. The molecule has 0 saturated carbocycles. The first-order valence-corrected chi connectivity index (χ1v) is 10.5. The van der Waals surface area contributed by atoms with E-state index in [9.17, 15) is 26.3 Å². The molecule has 2 fully saturated rings. The summed E-state index contributed by atoms with van der Waals surface area (Å²) >= 11 is 2.27. The Morgan fingerprint density at radius 1 is 0.680 bits per heavy atom. The molecule has 0 aromatic carbocycles. The van der Waals surface area contributed by atoms with Crippen molar-refractivity contribution in [2.24, 2.45) is 0 Å². The quantitative estimate of drug-likeness (QED) is 0.335. The fourth-order valence-corrected chi connectivity index (χ4v) is 3.73. The minimum Gasteiger partial charge on any atom is -0.279 e. The lowest BCUT2D eigenvalue weighted by Gasteiger charge is -2.33. The molecule has 0 amide bonds. The summed E-state index contributed by atoms with van der Waals surface area (Å²) in [5.41, 5.74) is -11.1. The van der Waals surface area contributed by atoms with E-state index in [0.29, 0.717) is 0 Å². The minimum absolute atomic E-state index is 1.07. The normalized spacial score (nSPS) is 24.3. The average Bonchev–Trinajstić information content (AvgIpc) is 2.35. The molecule has 0 aliphatic carbocycles. The Bertz CT molecular complexity index is 550. The van der Waals surface area contributed by atoms with Crippen LogP contribution in [0.1, 0.15) is 38.5 Å². The molecule has 2 rings (SSSR count). The Kier molecular flexibility index (Phi) is 9.01. The summed E-state index contributed by atoms with van der Waals surface area (Å²) in [6.45, 7) is 0. The summed E-state index contributed by atoms with van der Waals surface area (Å²) in [5, 5.41) is 2.13. The van der Waals surface area contributed by atoms with E-state index in [1.165, 1.54) is 38.5 Å². The maximum atomic E-state index is 10.7. The first-order chi connectivity index (χ1) is 10.9. The van der Waals surface area contributed by atoms with Gasteiger partial charge < -0.3 is 0 Å². The maximum absolute atomic E-state index is 10.7. The summed E-state index contributed by atoms with van der Waals surface area (Å²) in [6.07, 6.45) is 9.09. The molecule has 6 nitrogen and oxygen atoms in total. The van der Waals surface area contributed by atoms with Crippen molar-refractivity contribution in [1.82, 2.24) is 0 Å². The van der Waals surface area contributed by atoms with Gasteiger partial charge >= 0.3 is 31.3 Å². The summed E-state index contributed by atoms with van der Waals surface area (Å²) in [6, 6.07) is 0. The smallest absolute Gasteiger partial charge is 0.279 e. The Morgan fingerprint density at radius 2 is 0.880 bits per heavy atom. The summed E-state index contributed by atoms with van der Waals surface area (Å²) < 4.78 is 115. The molecule has 0 radical (unpaired) electrons. The molecule has 152 valence electrons. The fourth-order valence-electron chi connectivity index (χ4n) is 1.98. The van der Waals surface area contributed by atoms with Gasteiger partial charge in [0.05, 0.1) is 0 Å². The number of hydrogen-bond donors (Lipinski definition) is 2. The highest BCUT2D eigenvalue weighted by molar-refractivity contribution is 8.00. The molecule has 0 aromatic heterocycles. The third-order valence-corrected chi connectivity index (χ3v) is 5.96. The highest BCUT2D eigenvalue weighted by atomic mass is 32.2. The van der Waals surface area contributed by atoms with E-state index in [2.05, 4.69) is 11.8 Å². The molecule has 25 heavy (non-hydrogen) atoms. The standard InChI is InChI=1S/C8H14S.2CHF3O3S/c1-3-7-5-2-6-8(4-1)9-7;2*2-1(3,4)8(5,6)7/h7-8H,1-6H2;2*(H,5,6,7). The van der Waals surface area contributed by atoms with Gasteiger partial charge in [0, 0.05) is 10.5 Å². The van der Waals surface area contributed by atoms with Gasteiger partial charge in [0.15, 0.2) is 0 Å². The van der Waals surface area contributed by atoms with Crippen molar-refractivity contribution < 1.29 is 52.3 Å². The first kappa shape index (κ1) is 24.8. The van der Waals surface area contributed by atoms with E-state index in [0.717, 1.165) is 10.5 Å². The molecule has 2 bridgehead atoms. The van der Waals surface area contributed by atoms with Crippen LogP contribution in [0.25, 0.3) is 0 Å².